The third-order valence-corrected chi connectivity index (χ3v) is 6.30. The van der Waals surface area contributed by atoms with Gasteiger partial charge in [0.2, 0.25) is 0 Å². The largest absolute Gasteiger partial charge is 0.395 e. The number of amides is 3. The van der Waals surface area contributed by atoms with E-state index in [9.17, 15) is 34.8 Å². The smallest absolute Gasteiger partial charge is 0.254 e. The van der Waals surface area contributed by atoms with Gasteiger partial charge in [-0.1, -0.05) is 0 Å². The van der Waals surface area contributed by atoms with Crippen molar-refractivity contribution in [1.82, 2.24) is 5.32 Å². The molecule has 168 valence electrons. The van der Waals surface area contributed by atoms with Crippen LogP contribution in [0.15, 0.2) is 13.4 Å². The minimum atomic E-state index is -1.47. The topological polar surface area (TPSA) is 194 Å². The fraction of sp³-hybridized carbons (Fsp3) is 0.438. The number of aliphatic hydroxyl groups is 5. The summed E-state index contributed by atoms with van der Waals surface area (Å²) in [7, 11) is 0. The number of rotatable bonds is 10. The van der Waals surface area contributed by atoms with Gasteiger partial charge in [0.25, 0.3) is 17.7 Å². The zero-order valence-electron chi connectivity index (χ0n) is 15.3. The van der Waals surface area contributed by atoms with Gasteiger partial charge in [-0.2, -0.15) is 0 Å². The van der Waals surface area contributed by atoms with E-state index in [1.165, 1.54) is 0 Å². The van der Waals surface area contributed by atoms with Crippen LogP contribution in [0.3, 0.4) is 0 Å². The van der Waals surface area contributed by atoms with Gasteiger partial charge in [0.15, 0.2) is 0 Å². The molecule has 11 nitrogen and oxygen atoms in total. The van der Waals surface area contributed by atoms with E-state index >= 15 is 0 Å². The molecule has 0 saturated carbocycles. The average molecular weight is 622 g/mol. The first kappa shape index (κ1) is 26.9. The second-order valence-electron chi connectivity index (χ2n) is 5.84. The lowest BCUT2D eigenvalue weighted by Crippen LogP contribution is -2.47. The summed E-state index contributed by atoms with van der Waals surface area (Å²) in [6.07, 6.45) is -1.47. The lowest BCUT2D eigenvalue weighted by molar-refractivity contribution is -0.121. The van der Waals surface area contributed by atoms with Crippen molar-refractivity contribution in [1.29, 1.82) is 0 Å². The summed E-state index contributed by atoms with van der Waals surface area (Å²) in [4.78, 5) is 38.1. The second-order valence-corrected chi connectivity index (χ2v) is 8.22. The predicted octanol–water partition coefficient (Wildman–Crippen LogP) is -1.17. The Labute approximate surface area is 196 Å². The van der Waals surface area contributed by atoms with E-state index in [4.69, 9.17) is 10.8 Å². The van der Waals surface area contributed by atoms with E-state index in [1.54, 1.807) is 0 Å². The Hall–Kier alpha value is -1.13. The van der Waals surface area contributed by atoms with E-state index < -0.39 is 56.3 Å². The molecular formula is C16H20Br3N3O8. The Balaban J connectivity index is 3.75. The summed E-state index contributed by atoms with van der Waals surface area (Å²) in [5, 5.41) is 49.0. The molecule has 1 aromatic carbocycles. The Morgan fingerprint density at radius 2 is 1.53 bits per heavy atom. The molecule has 0 heterocycles. The third-order valence-electron chi connectivity index (χ3n) is 3.96. The SMILES string of the molecule is NC(=O)c1c(Br)c(C(=O)NC(CO)C(O)CO)c(Br)c(N(CCO)C(=O)CO)c1Br. The number of aliphatic hydroxyl groups excluding tert-OH is 5. The Morgan fingerprint density at radius 3 is 1.97 bits per heavy atom. The summed E-state index contributed by atoms with van der Waals surface area (Å²) in [5.74, 6) is -2.69. The van der Waals surface area contributed by atoms with Crippen LogP contribution in [0.25, 0.3) is 0 Å². The van der Waals surface area contributed by atoms with Gasteiger partial charge in [-0.05, 0) is 47.8 Å². The standard InChI is InChI=1S/C16H20Br3N3O8/c17-11-9(15(20)29)12(18)14(22(1-2-23)8(28)5-26)13(19)10(11)16(30)21-6(3-24)7(27)4-25/h6-7,23-27H,1-5H2,(H2,20,29)(H,21,30). The van der Waals surface area contributed by atoms with Crippen molar-refractivity contribution in [2.24, 2.45) is 5.73 Å². The monoisotopic (exact) mass is 619 g/mol. The lowest BCUT2D eigenvalue weighted by atomic mass is 10.1. The number of benzene rings is 1. The van der Waals surface area contributed by atoms with Crippen molar-refractivity contribution in [3.05, 3.63) is 24.5 Å². The third kappa shape index (κ3) is 5.76. The number of primary amides is 1. The summed E-state index contributed by atoms with van der Waals surface area (Å²) >= 11 is 9.50. The second kappa shape index (κ2) is 12.0. The molecule has 2 unspecified atom stereocenters. The molecule has 1 rings (SSSR count). The molecule has 0 aromatic heterocycles. The fourth-order valence-corrected chi connectivity index (χ4v) is 5.65. The number of nitrogens with one attached hydrogen (secondary N) is 1. The van der Waals surface area contributed by atoms with E-state index in [2.05, 4.69) is 53.1 Å². The maximum absolute atomic E-state index is 12.9. The first-order valence-corrected chi connectivity index (χ1v) is 10.7. The van der Waals surface area contributed by atoms with Crippen molar-refractivity contribution in [2.45, 2.75) is 12.1 Å². The number of nitrogens with two attached hydrogens (primary N) is 1. The van der Waals surface area contributed by atoms with Gasteiger partial charge in [0.1, 0.15) is 6.61 Å². The van der Waals surface area contributed by atoms with Gasteiger partial charge in [-0.3, -0.25) is 14.4 Å². The zero-order valence-corrected chi connectivity index (χ0v) is 20.1. The maximum atomic E-state index is 12.9. The van der Waals surface area contributed by atoms with Crippen LogP contribution in [-0.4, -0.2) is 88.4 Å². The van der Waals surface area contributed by atoms with Gasteiger partial charge in [0, 0.05) is 11.0 Å². The highest BCUT2D eigenvalue weighted by molar-refractivity contribution is 9.11. The van der Waals surface area contributed by atoms with Crippen LogP contribution in [0.5, 0.6) is 0 Å². The van der Waals surface area contributed by atoms with E-state index in [0.29, 0.717) is 0 Å². The van der Waals surface area contributed by atoms with Crippen molar-refractivity contribution < 1.29 is 39.9 Å². The molecule has 14 heteroatoms. The Kier molecular flexibility index (Phi) is 10.8. The van der Waals surface area contributed by atoms with Crippen LogP contribution >= 0.6 is 47.8 Å². The molecule has 8 N–H and O–H groups in total. The van der Waals surface area contributed by atoms with E-state index in [0.717, 1.165) is 4.90 Å². The van der Waals surface area contributed by atoms with Crippen molar-refractivity contribution in [3.8, 4) is 0 Å². The quantitative estimate of drug-likeness (QED) is 0.170. The summed E-state index contributed by atoms with van der Waals surface area (Å²) in [6, 6.07) is -1.24. The van der Waals surface area contributed by atoms with Crippen LogP contribution in [0, 0.1) is 0 Å². The van der Waals surface area contributed by atoms with Crippen LogP contribution in [-0.2, 0) is 4.79 Å². The number of hydrogen-bond acceptors (Lipinski definition) is 8. The highest BCUT2D eigenvalue weighted by Crippen LogP contribution is 2.44. The minimum Gasteiger partial charge on any atom is -0.395 e. The van der Waals surface area contributed by atoms with Crippen LogP contribution in [0.4, 0.5) is 5.69 Å². The molecule has 0 aliphatic rings. The van der Waals surface area contributed by atoms with Gasteiger partial charge in [0.05, 0.1) is 57.7 Å². The summed E-state index contributed by atoms with van der Waals surface area (Å²) in [5.41, 5.74) is 4.92. The highest BCUT2D eigenvalue weighted by Gasteiger charge is 2.32. The molecule has 3 amide bonds. The fourth-order valence-electron chi connectivity index (χ4n) is 2.48. The van der Waals surface area contributed by atoms with Crippen LogP contribution in [0.1, 0.15) is 20.7 Å². The van der Waals surface area contributed by atoms with E-state index in [1.807, 2.05) is 0 Å². The predicted molar refractivity (Wildman–Crippen MR) is 116 cm³/mol. The van der Waals surface area contributed by atoms with Crippen molar-refractivity contribution in [2.75, 3.05) is 37.9 Å². The number of carbonyl (C=O) groups excluding carboxylic acids is 3. The molecule has 0 bridgehead atoms. The first-order valence-electron chi connectivity index (χ1n) is 8.30. The minimum absolute atomic E-state index is 0.00894. The lowest BCUT2D eigenvalue weighted by Gasteiger charge is -2.27. The van der Waals surface area contributed by atoms with Gasteiger partial charge in [-0.15, -0.1) is 0 Å². The van der Waals surface area contributed by atoms with E-state index in [-0.39, 0.29) is 36.8 Å². The Morgan fingerprint density at radius 1 is 0.967 bits per heavy atom. The molecule has 0 spiro atoms. The van der Waals surface area contributed by atoms with Gasteiger partial charge < -0.3 is 41.5 Å². The molecule has 2 atom stereocenters. The molecule has 0 fully saturated rings. The molecule has 1 aromatic rings. The van der Waals surface area contributed by atoms with Gasteiger partial charge in [-0.25, -0.2) is 0 Å². The van der Waals surface area contributed by atoms with Crippen LogP contribution in [0.2, 0.25) is 0 Å². The van der Waals surface area contributed by atoms with Crippen molar-refractivity contribution in [3.63, 3.8) is 0 Å². The van der Waals surface area contributed by atoms with Gasteiger partial charge >= 0.3 is 0 Å². The molecular weight excluding hydrogens is 602 g/mol. The number of carbonyl (C=O) groups is 3. The van der Waals surface area contributed by atoms with Crippen LogP contribution < -0.4 is 16.0 Å². The Bertz CT molecular complexity index is 824. The number of nitrogens with zero attached hydrogens (tertiary/aromatic N) is 1. The molecule has 30 heavy (non-hydrogen) atoms. The van der Waals surface area contributed by atoms with Crippen molar-refractivity contribution >= 4 is 71.2 Å². The normalized spacial score (nSPS) is 12.9. The summed E-state index contributed by atoms with van der Waals surface area (Å²) < 4.78 is -0.0746. The highest BCUT2D eigenvalue weighted by atomic mass is 79.9. The number of halogens is 3. The average Bonchev–Trinajstić information content (AvgIpc) is 2.69. The molecule has 0 aliphatic carbocycles. The zero-order chi connectivity index (χ0) is 23.2. The molecule has 0 saturated heterocycles. The number of anilines is 1. The maximum Gasteiger partial charge on any atom is 0.254 e. The number of hydrogen-bond donors (Lipinski definition) is 7. The molecule has 0 aliphatic heterocycles. The first-order chi connectivity index (χ1) is 14.1. The summed E-state index contributed by atoms with van der Waals surface area (Å²) in [6.45, 7) is -3.13. The molecule has 0 radical (unpaired) electrons.